The molecule has 1 aliphatic heterocycles. The Kier molecular flexibility index (Phi) is 4.95. The zero-order valence-electron chi connectivity index (χ0n) is 15.1. The van der Waals surface area contributed by atoms with Crippen LogP contribution in [0, 0.1) is 5.92 Å². The lowest BCUT2D eigenvalue weighted by Gasteiger charge is -2.17. The third-order valence-corrected chi connectivity index (χ3v) is 4.56. The van der Waals surface area contributed by atoms with Gasteiger partial charge >= 0.3 is 12.2 Å². The molecule has 0 spiro atoms. The van der Waals surface area contributed by atoms with Gasteiger partial charge in [-0.3, -0.25) is 0 Å². The number of ether oxygens (including phenoxy) is 1. The van der Waals surface area contributed by atoms with Crippen LogP contribution in [0.1, 0.15) is 12.2 Å². The number of nitrogens with one attached hydrogen (secondary N) is 1. The van der Waals surface area contributed by atoms with E-state index in [0.29, 0.717) is 23.3 Å². The van der Waals surface area contributed by atoms with Gasteiger partial charge in [-0.2, -0.15) is 17.7 Å². The van der Waals surface area contributed by atoms with Gasteiger partial charge in [0.2, 0.25) is 5.88 Å². The number of hydrogen-bond acceptors (Lipinski definition) is 5. The van der Waals surface area contributed by atoms with Gasteiger partial charge in [-0.15, -0.1) is 15.3 Å². The number of hydrogen-bond donors (Lipinski definition) is 1. The fourth-order valence-electron chi connectivity index (χ4n) is 3.11. The average Bonchev–Trinajstić information content (AvgIpc) is 3.33. The highest BCUT2D eigenvalue weighted by atomic mass is 19.4. The smallest absolute Gasteiger partial charge is 0.453 e. The minimum atomic E-state index is -4.66. The summed E-state index contributed by atoms with van der Waals surface area (Å²) < 4.78 is 45.0. The maximum Gasteiger partial charge on any atom is 0.453 e. The summed E-state index contributed by atoms with van der Waals surface area (Å²) in [5.74, 6) is -1.12. The van der Waals surface area contributed by atoms with Gasteiger partial charge < -0.3 is 15.0 Å². The Labute approximate surface area is 163 Å². The van der Waals surface area contributed by atoms with Crippen molar-refractivity contribution in [2.45, 2.75) is 12.6 Å². The first-order chi connectivity index (χ1) is 13.9. The maximum atomic E-state index is 12.9. The van der Waals surface area contributed by atoms with Crippen LogP contribution in [0.4, 0.5) is 23.7 Å². The van der Waals surface area contributed by atoms with E-state index < -0.39 is 12.0 Å². The monoisotopic (exact) mass is 406 g/mol. The van der Waals surface area contributed by atoms with Crippen molar-refractivity contribution in [3.05, 3.63) is 48.3 Å². The molecule has 1 saturated heterocycles. The molecule has 3 aromatic rings. The molecule has 0 radical (unpaired) electrons. The number of halogens is 3. The first-order valence-corrected chi connectivity index (χ1v) is 8.93. The van der Waals surface area contributed by atoms with Crippen molar-refractivity contribution in [3.8, 4) is 5.88 Å². The van der Waals surface area contributed by atoms with Crippen molar-refractivity contribution < 1.29 is 22.7 Å². The Bertz CT molecular complexity index is 1010. The molecule has 1 aromatic carbocycles. The molecular formula is C18H17F3N6O2. The van der Waals surface area contributed by atoms with Gasteiger partial charge in [-0.25, -0.2) is 4.79 Å². The molecule has 0 aliphatic carbocycles. The molecule has 2 amide bonds. The second-order valence-electron chi connectivity index (χ2n) is 6.67. The number of anilines is 1. The standard InChI is InChI=1S/C18H17F3N6O2/c19-18(20,21)16-24-23-14-6-7-15(25-27(14)16)29-11-12-8-9-26(10-12)17(28)22-13-4-2-1-3-5-13/h1-7,12H,8-11H2,(H,22,28). The molecule has 1 atom stereocenters. The van der Waals surface area contributed by atoms with Gasteiger partial charge in [-0.05, 0) is 24.6 Å². The van der Waals surface area contributed by atoms with E-state index in [0.717, 1.165) is 6.42 Å². The van der Waals surface area contributed by atoms with Crippen LogP contribution in [-0.4, -0.2) is 50.4 Å². The third-order valence-electron chi connectivity index (χ3n) is 4.56. The lowest BCUT2D eigenvalue weighted by molar-refractivity contribution is -0.146. The Morgan fingerprint density at radius 3 is 2.72 bits per heavy atom. The normalized spacial score (nSPS) is 16.9. The topological polar surface area (TPSA) is 84.7 Å². The molecule has 1 N–H and O–H groups in total. The minimum absolute atomic E-state index is 0.0192. The average molecular weight is 406 g/mol. The van der Waals surface area contributed by atoms with Gasteiger partial charge in [0.1, 0.15) is 0 Å². The second kappa shape index (κ2) is 7.57. The van der Waals surface area contributed by atoms with Crippen LogP contribution >= 0.6 is 0 Å². The van der Waals surface area contributed by atoms with E-state index in [4.69, 9.17) is 4.74 Å². The lowest BCUT2D eigenvalue weighted by atomic mass is 10.1. The summed E-state index contributed by atoms with van der Waals surface area (Å²) in [5.41, 5.74) is 0.693. The molecule has 0 bridgehead atoms. The van der Waals surface area contributed by atoms with Crippen LogP contribution in [0.15, 0.2) is 42.5 Å². The van der Waals surface area contributed by atoms with Gasteiger partial charge in [0.05, 0.1) is 6.61 Å². The van der Waals surface area contributed by atoms with Crippen molar-refractivity contribution in [3.63, 3.8) is 0 Å². The fourth-order valence-corrected chi connectivity index (χ4v) is 3.11. The highest BCUT2D eigenvalue weighted by molar-refractivity contribution is 5.89. The largest absolute Gasteiger partial charge is 0.476 e. The number of carbonyl (C=O) groups is 1. The van der Waals surface area contributed by atoms with Crippen molar-refractivity contribution in [2.24, 2.45) is 5.92 Å². The van der Waals surface area contributed by atoms with Crippen molar-refractivity contribution >= 4 is 17.4 Å². The quantitative estimate of drug-likeness (QED) is 0.720. The summed E-state index contributed by atoms with van der Waals surface area (Å²) in [5, 5.41) is 13.2. The fraction of sp³-hybridized carbons (Fsp3) is 0.333. The van der Waals surface area contributed by atoms with E-state index in [9.17, 15) is 18.0 Å². The van der Waals surface area contributed by atoms with Crippen LogP contribution in [-0.2, 0) is 6.18 Å². The number of para-hydroxylation sites is 1. The van der Waals surface area contributed by atoms with Crippen LogP contribution < -0.4 is 10.1 Å². The van der Waals surface area contributed by atoms with Crippen LogP contribution in [0.2, 0.25) is 0 Å². The summed E-state index contributed by atoms with van der Waals surface area (Å²) in [4.78, 5) is 14.0. The van der Waals surface area contributed by atoms with Crippen molar-refractivity contribution in [1.82, 2.24) is 24.7 Å². The highest BCUT2D eigenvalue weighted by Gasteiger charge is 2.37. The number of amides is 2. The molecule has 1 unspecified atom stereocenters. The number of urea groups is 1. The van der Waals surface area contributed by atoms with E-state index in [1.807, 2.05) is 18.2 Å². The maximum absolute atomic E-state index is 12.9. The van der Waals surface area contributed by atoms with Gasteiger partial charge in [0.15, 0.2) is 5.65 Å². The molecular weight excluding hydrogens is 389 g/mol. The predicted octanol–water partition coefficient (Wildman–Crippen LogP) is 3.08. The summed E-state index contributed by atoms with van der Waals surface area (Å²) in [6, 6.07) is 11.7. The number of likely N-dealkylation sites (tertiary alicyclic amines) is 1. The van der Waals surface area contributed by atoms with Crippen LogP contribution in [0.5, 0.6) is 5.88 Å². The summed E-state index contributed by atoms with van der Waals surface area (Å²) in [6.45, 7) is 1.29. The molecule has 0 saturated carbocycles. The second-order valence-corrected chi connectivity index (χ2v) is 6.67. The number of benzene rings is 1. The van der Waals surface area contributed by atoms with E-state index in [2.05, 4.69) is 20.6 Å². The number of fused-ring (bicyclic) bond motifs is 1. The van der Waals surface area contributed by atoms with E-state index in [1.165, 1.54) is 12.1 Å². The number of carbonyl (C=O) groups excluding carboxylic acids is 1. The summed E-state index contributed by atoms with van der Waals surface area (Å²) in [6.07, 6.45) is -3.94. The minimum Gasteiger partial charge on any atom is -0.476 e. The Morgan fingerprint density at radius 1 is 1.17 bits per heavy atom. The molecule has 1 fully saturated rings. The Balaban J connectivity index is 1.34. The lowest BCUT2D eigenvalue weighted by Crippen LogP contribution is -2.33. The zero-order valence-corrected chi connectivity index (χ0v) is 15.1. The molecule has 3 heterocycles. The molecule has 2 aromatic heterocycles. The van der Waals surface area contributed by atoms with E-state index in [-0.39, 0.29) is 30.1 Å². The van der Waals surface area contributed by atoms with E-state index in [1.54, 1.807) is 17.0 Å². The Morgan fingerprint density at radius 2 is 1.97 bits per heavy atom. The summed E-state index contributed by atoms with van der Waals surface area (Å²) in [7, 11) is 0. The molecule has 152 valence electrons. The first-order valence-electron chi connectivity index (χ1n) is 8.93. The number of rotatable bonds is 4. The zero-order chi connectivity index (χ0) is 20.4. The first kappa shape index (κ1) is 19.0. The van der Waals surface area contributed by atoms with Crippen molar-refractivity contribution in [1.29, 1.82) is 0 Å². The number of alkyl halides is 3. The summed E-state index contributed by atoms with van der Waals surface area (Å²) >= 11 is 0. The molecule has 8 nitrogen and oxygen atoms in total. The number of aromatic nitrogens is 4. The highest BCUT2D eigenvalue weighted by Crippen LogP contribution is 2.28. The molecule has 29 heavy (non-hydrogen) atoms. The van der Waals surface area contributed by atoms with Crippen LogP contribution in [0.3, 0.4) is 0 Å². The van der Waals surface area contributed by atoms with Crippen molar-refractivity contribution in [2.75, 3.05) is 25.0 Å². The van der Waals surface area contributed by atoms with Gasteiger partial charge in [-0.1, -0.05) is 18.2 Å². The molecule has 4 rings (SSSR count). The molecule has 1 aliphatic rings. The Hall–Kier alpha value is -3.37. The van der Waals surface area contributed by atoms with Gasteiger partial charge in [0.25, 0.3) is 5.82 Å². The SMILES string of the molecule is O=C(Nc1ccccc1)N1CCC(COc2ccc3nnc(C(F)(F)F)n3n2)C1. The number of nitrogens with zero attached hydrogens (tertiary/aromatic N) is 5. The van der Waals surface area contributed by atoms with E-state index >= 15 is 0 Å². The van der Waals surface area contributed by atoms with Crippen LogP contribution in [0.25, 0.3) is 5.65 Å². The third kappa shape index (κ3) is 4.23. The van der Waals surface area contributed by atoms with Gasteiger partial charge in [0, 0.05) is 30.8 Å². The predicted molar refractivity (Wildman–Crippen MR) is 96.4 cm³/mol. The molecule has 11 heteroatoms.